The largest absolute Gasteiger partial charge is 0.497 e. The van der Waals surface area contributed by atoms with Gasteiger partial charge in [0.2, 0.25) is 21.7 Å². The van der Waals surface area contributed by atoms with Crippen LogP contribution in [-0.4, -0.2) is 43.1 Å². The van der Waals surface area contributed by atoms with Gasteiger partial charge in [-0.3, -0.25) is 0 Å². The monoisotopic (exact) mass is 413 g/mol. The Labute approximate surface area is 170 Å². The molecule has 0 aliphatic carbocycles. The van der Waals surface area contributed by atoms with E-state index in [2.05, 4.69) is 10.1 Å². The third-order valence-corrected chi connectivity index (χ3v) is 6.96. The van der Waals surface area contributed by atoms with Crippen LogP contribution >= 0.6 is 0 Å². The molecule has 0 spiro atoms. The standard InChI is InChI=1S/C21H23N3O4S/c1-27-18-9-7-17(8-10-18)21-22-20(28-23-21)15-16-5-11-19(12-6-16)29(25,26)24-13-3-2-4-14-24/h5-12H,2-4,13-15H2,1H3. The van der Waals surface area contributed by atoms with Gasteiger partial charge in [0.1, 0.15) is 5.75 Å². The normalized spacial score (nSPS) is 15.3. The third kappa shape index (κ3) is 4.33. The summed E-state index contributed by atoms with van der Waals surface area (Å²) in [5.41, 5.74) is 1.75. The van der Waals surface area contributed by atoms with Crippen molar-refractivity contribution in [3.63, 3.8) is 0 Å². The number of methoxy groups -OCH3 is 1. The number of hydrogen-bond acceptors (Lipinski definition) is 6. The Morgan fingerprint density at radius 3 is 2.34 bits per heavy atom. The molecule has 1 saturated heterocycles. The fourth-order valence-electron chi connectivity index (χ4n) is 3.39. The lowest BCUT2D eigenvalue weighted by Crippen LogP contribution is -2.35. The molecule has 8 heteroatoms. The van der Waals surface area contributed by atoms with E-state index in [1.807, 2.05) is 24.3 Å². The van der Waals surface area contributed by atoms with Gasteiger partial charge in [-0.2, -0.15) is 9.29 Å². The van der Waals surface area contributed by atoms with Crippen molar-refractivity contribution in [2.75, 3.05) is 20.2 Å². The van der Waals surface area contributed by atoms with Gasteiger partial charge in [0, 0.05) is 18.7 Å². The molecule has 0 saturated carbocycles. The Kier molecular flexibility index (Phi) is 5.64. The Morgan fingerprint density at radius 1 is 1.00 bits per heavy atom. The van der Waals surface area contributed by atoms with Gasteiger partial charge in [0.05, 0.1) is 18.4 Å². The van der Waals surface area contributed by atoms with Gasteiger partial charge in [-0.25, -0.2) is 8.42 Å². The minimum absolute atomic E-state index is 0.326. The van der Waals surface area contributed by atoms with Crippen LogP contribution < -0.4 is 4.74 Å². The molecule has 152 valence electrons. The first-order chi connectivity index (χ1) is 14.1. The first-order valence-corrected chi connectivity index (χ1v) is 11.1. The molecule has 0 amide bonds. The predicted molar refractivity (Wildman–Crippen MR) is 108 cm³/mol. The van der Waals surface area contributed by atoms with Crippen LogP contribution in [0, 0.1) is 0 Å². The molecule has 4 rings (SSSR count). The molecule has 0 bridgehead atoms. The zero-order chi connectivity index (χ0) is 20.3. The summed E-state index contributed by atoms with van der Waals surface area (Å²) in [4.78, 5) is 4.76. The number of benzene rings is 2. The Bertz CT molecular complexity index is 1050. The Hall–Kier alpha value is -2.71. The number of rotatable bonds is 6. The van der Waals surface area contributed by atoms with E-state index < -0.39 is 10.0 Å². The first kappa shape index (κ1) is 19.6. The highest BCUT2D eigenvalue weighted by Gasteiger charge is 2.25. The molecular formula is C21H23N3O4S. The van der Waals surface area contributed by atoms with Crippen molar-refractivity contribution in [2.45, 2.75) is 30.6 Å². The number of ether oxygens (including phenoxy) is 1. The molecule has 0 atom stereocenters. The van der Waals surface area contributed by atoms with Crippen molar-refractivity contribution in [3.8, 4) is 17.1 Å². The fraction of sp³-hybridized carbons (Fsp3) is 0.333. The van der Waals surface area contributed by atoms with Crippen LogP contribution in [0.2, 0.25) is 0 Å². The van der Waals surface area contributed by atoms with Crippen LogP contribution in [-0.2, 0) is 16.4 Å². The maximum Gasteiger partial charge on any atom is 0.243 e. The molecule has 0 unspecified atom stereocenters. The predicted octanol–water partition coefficient (Wildman–Crippen LogP) is 3.51. The van der Waals surface area contributed by atoms with E-state index in [9.17, 15) is 8.42 Å². The SMILES string of the molecule is COc1ccc(-c2noc(Cc3ccc(S(=O)(=O)N4CCCCC4)cc3)n2)cc1. The number of piperidine rings is 1. The molecule has 0 radical (unpaired) electrons. The lowest BCUT2D eigenvalue weighted by Gasteiger charge is -2.25. The topological polar surface area (TPSA) is 85.5 Å². The van der Waals surface area contributed by atoms with Crippen LogP contribution in [0.5, 0.6) is 5.75 Å². The highest BCUT2D eigenvalue weighted by molar-refractivity contribution is 7.89. The number of hydrogen-bond donors (Lipinski definition) is 0. The molecule has 29 heavy (non-hydrogen) atoms. The van der Waals surface area contributed by atoms with Gasteiger partial charge in [-0.1, -0.05) is 23.7 Å². The molecule has 1 aromatic heterocycles. The average molecular weight is 413 g/mol. The van der Waals surface area contributed by atoms with Gasteiger partial charge < -0.3 is 9.26 Å². The third-order valence-electron chi connectivity index (χ3n) is 5.05. The Morgan fingerprint density at radius 2 is 1.69 bits per heavy atom. The van der Waals surface area contributed by atoms with Crippen molar-refractivity contribution < 1.29 is 17.7 Å². The molecule has 2 heterocycles. The van der Waals surface area contributed by atoms with Crippen LogP contribution in [0.1, 0.15) is 30.7 Å². The van der Waals surface area contributed by atoms with Crippen molar-refractivity contribution in [1.29, 1.82) is 0 Å². The number of aromatic nitrogens is 2. The second-order valence-electron chi connectivity index (χ2n) is 7.03. The summed E-state index contributed by atoms with van der Waals surface area (Å²) in [7, 11) is -1.80. The van der Waals surface area contributed by atoms with Crippen molar-refractivity contribution in [2.24, 2.45) is 0 Å². The summed E-state index contributed by atoms with van der Waals surface area (Å²) in [5, 5.41) is 4.03. The molecule has 0 N–H and O–H groups in total. The summed E-state index contributed by atoms with van der Waals surface area (Å²) in [6.45, 7) is 1.19. The van der Waals surface area contributed by atoms with Crippen LogP contribution in [0.15, 0.2) is 57.9 Å². The highest BCUT2D eigenvalue weighted by atomic mass is 32.2. The maximum absolute atomic E-state index is 12.7. The van der Waals surface area contributed by atoms with Gasteiger partial charge in [-0.05, 0) is 54.8 Å². The van der Waals surface area contributed by atoms with Gasteiger partial charge in [0.15, 0.2) is 0 Å². The quantitative estimate of drug-likeness (QED) is 0.615. The maximum atomic E-state index is 12.7. The van der Waals surface area contributed by atoms with E-state index in [0.29, 0.717) is 36.1 Å². The van der Waals surface area contributed by atoms with Gasteiger partial charge in [0.25, 0.3) is 0 Å². The second kappa shape index (κ2) is 8.34. The molecule has 7 nitrogen and oxygen atoms in total. The van der Waals surface area contributed by atoms with E-state index in [1.165, 1.54) is 0 Å². The lowest BCUT2D eigenvalue weighted by atomic mass is 10.1. The zero-order valence-corrected chi connectivity index (χ0v) is 17.1. The molecule has 1 fully saturated rings. The minimum Gasteiger partial charge on any atom is -0.497 e. The summed E-state index contributed by atoms with van der Waals surface area (Å²) in [6, 6.07) is 14.3. The van der Waals surface area contributed by atoms with Crippen molar-refractivity contribution in [3.05, 3.63) is 60.0 Å². The first-order valence-electron chi connectivity index (χ1n) is 9.62. The summed E-state index contributed by atoms with van der Waals surface area (Å²) < 4.78 is 37.6. The number of nitrogens with zero attached hydrogens (tertiary/aromatic N) is 3. The lowest BCUT2D eigenvalue weighted by molar-refractivity contribution is 0.346. The van der Waals surface area contributed by atoms with Crippen molar-refractivity contribution >= 4 is 10.0 Å². The summed E-state index contributed by atoms with van der Waals surface area (Å²) in [5.74, 6) is 1.74. The van der Waals surface area contributed by atoms with E-state index in [1.54, 1.807) is 35.7 Å². The molecule has 1 aliphatic heterocycles. The summed E-state index contributed by atoms with van der Waals surface area (Å²) in [6.07, 6.45) is 3.37. The fourth-order valence-corrected chi connectivity index (χ4v) is 4.91. The molecule has 2 aromatic carbocycles. The van der Waals surface area contributed by atoms with Crippen LogP contribution in [0.4, 0.5) is 0 Å². The van der Waals surface area contributed by atoms with E-state index in [0.717, 1.165) is 36.1 Å². The van der Waals surface area contributed by atoms with E-state index in [4.69, 9.17) is 9.26 Å². The number of sulfonamides is 1. The molecular weight excluding hydrogens is 390 g/mol. The smallest absolute Gasteiger partial charge is 0.243 e. The van der Waals surface area contributed by atoms with Crippen molar-refractivity contribution in [1.82, 2.24) is 14.4 Å². The molecule has 3 aromatic rings. The van der Waals surface area contributed by atoms with Gasteiger partial charge in [-0.15, -0.1) is 0 Å². The summed E-state index contributed by atoms with van der Waals surface area (Å²) >= 11 is 0. The average Bonchev–Trinajstić information content (AvgIpc) is 3.23. The van der Waals surface area contributed by atoms with Crippen LogP contribution in [0.3, 0.4) is 0 Å². The highest BCUT2D eigenvalue weighted by Crippen LogP contribution is 2.23. The second-order valence-corrected chi connectivity index (χ2v) is 8.96. The Balaban J connectivity index is 1.45. The minimum atomic E-state index is -3.42. The van der Waals surface area contributed by atoms with E-state index in [-0.39, 0.29) is 0 Å². The van der Waals surface area contributed by atoms with Gasteiger partial charge >= 0.3 is 0 Å². The zero-order valence-electron chi connectivity index (χ0n) is 16.2. The van der Waals surface area contributed by atoms with E-state index >= 15 is 0 Å². The van der Waals surface area contributed by atoms with Crippen LogP contribution in [0.25, 0.3) is 11.4 Å². The molecule has 1 aliphatic rings.